The third-order valence-electron chi connectivity index (χ3n) is 4.06. The second kappa shape index (κ2) is 7.14. The molecule has 2 rings (SSSR count). The standard InChI is InChI=1S/C16H23ClN2O2/c1-4-18-14-6-5-12(17)9-13(14)16(20)19-8-7-11(2)15(10-19)21-3/h5-6,9,11,15,18H,4,7-8,10H2,1-3H3. The van der Waals surface area contributed by atoms with Crippen LogP contribution in [0.15, 0.2) is 18.2 Å². The van der Waals surface area contributed by atoms with Gasteiger partial charge in [0.15, 0.2) is 0 Å². The topological polar surface area (TPSA) is 41.6 Å². The van der Waals surface area contributed by atoms with E-state index in [4.69, 9.17) is 16.3 Å². The van der Waals surface area contributed by atoms with Gasteiger partial charge in [-0.15, -0.1) is 0 Å². The summed E-state index contributed by atoms with van der Waals surface area (Å²) in [6.07, 6.45) is 1.06. The normalized spacial score (nSPS) is 22.2. The molecular formula is C16H23ClN2O2. The molecule has 5 heteroatoms. The first-order valence-corrected chi connectivity index (χ1v) is 7.80. The number of ether oxygens (including phenoxy) is 1. The largest absolute Gasteiger partial charge is 0.385 e. The van der Waals surface area contributed by atoms with E-state index in [9.17, 15) is 4.79 Å². The van der Waals surface area contributed by atoms with Gasteiger partial charge in [-0.25, -0.2) is 0 Å². The minimum absolute atomic E-state index is 0.0161. The van der Waals surface area contributed by atoms with Gasteiger partial charge in [-0.05, 0) is 37.5 Å². The number of likely N-dealkylation sites (tertiary alicyclic amines) is 1. The van der Waals surface area contributed by atoms with E-state index in [1.807, 2.05) is 17.9 Å². The highest BCUT2D eigenvalue weighted by Crippen LogP contribution is 2.26. The molecule has 0 bridgehead atoms. The highest BCUT2D eigenvalue weighted by atomic mass is 35.5. The van der Waals surface area contributed by atoms with E-state index < -0.39 is 0 Å². The van der Waals surface area contributed by atoms with Crippen LogP contribution in [-0.4, -0.2) is 43.7 Å². The maximum absolute atomic E-state index is 12.8. The number of piperidine rings is 1. The molecule has 21 heavy (non-hydrogen) atoms. The van der Waals surface area contributed by atoms with Crippen molar-refractivity contribution in [3.05, 3.63) is 28.8 Å². The van der Waals surface area contributed by atoms with E-state index in [-0.39, 0.29) is 12.0 Å². The molecule has 2 atom stereocenters. The molecule has 1 fully saturated rings. The van der Waals surface area contributed by atoms with Crippen LogP contribution < -0.4 is 5.32 Å². The fraction of sp³-hybridized carbons (Fsp3) is 0.562. The molecule has 1 aromatic carbocycles. The van der Waals surface area contributed by atoms with Crippen LogP contribution in [0.25, 0.3) is 0 Å². The van der Waals surface area contributed by atoms with Gasteiger partial charge in [0.05, 0.1) is 11.7 Å². The zero-order valence-corrected chi connectivity index (χ0v) is 13.6. The monoisotopic (exact) mass is 310 g/mol. The van der Waals surface area contributed by atoms with Crippen LogP contribution in [0.5, 0.6) is 0 Å². The van der Waals surface area contributed by atoms with Gasteiger partial charge in [-0.2, -0.15) is 0 Å². The van der Waals surface area contributed by atoms with Crippen LogP contribution in [0.1, 0.15) is 30.6 Å². The lowest BCUT2D eigenvalue weighted by atomic mass is 9.95. The predicted octanol–water partition coefficient (Wildman–Crippen LogP) is 3.27. The van der Waals surface area contributed by atoms with Crippen molar-refractivity contribution in [3.8, 4) is 0 Å². The molecule has 1 heterocycles. The number of methoxy groups -OCH3 is 1. The summed E-state index contributed by atoms with van der Waals surface area (Å²) >= 11 is 6.06. The first-order valence-electron chi connectivity index (χ1n) is 7.42. The number of halogens is 1. The molecular weight excluding hydrogens is 288 g/mol. The summed E-state index contributed by atoms with van der Waals surface area (Å²) in [5.41, 5.74) is 1.47. The molecule has 0 spiro atoms. The zero-order chi connectivity index (χ0) is 15.4. The molecule has 1 N–H and O–H groups in total. The quantitative estimate of drug-likeness (QED) is 0.928. The fourth-order valence-electron chi connectivity index (χ4n) is 2.73. The van der Waals surface area contributed by atoms with E-state index in [0.717, 1.165) is 25.2 Å². The van der Waals surface area contributed by atoms with Crippen LogP contribution >= 0.6 is 11.6 Å². The average molecular weight is 311 g/mol. The highest BCUT2D eigenvalue weighted by Gasteiger charge is 2.30. The van der Waals surface area contributed by atoms with Crippen LogP contribution in [0, 0.1) is 5.92 Å². The maximum Gasteiger partial charge on any atom is 0.256 e. The summed E-state index contributed by atoms with van der Waals surface area (Å²) in [6, 6.07) is 5.40. The van der Waals surface area contributed by atoms with Crippen molar-refractivity contribution in [1.82, 2.24) is 4.90 Å². The van der Waals surface area contributed by atoms with Crippen molar-refractivity contribution in [3.63, 3.8) is 0 Å². The van der Waals surface area contributed by atoms with Crippen molar-refractivity contribution in [2.45, 2.75) is 26.4 Å². The van der Waals surface area contributed by atoms with Gasteiger partial charge in [-0.1, -0.05) is 18.5 Å². The molecule has 1 aromatic rings. The molecule has 4 nitrogen and oxygen atoms in total. The molecule has 1 saturated heterocycles. The van der Waals surface area contributed by atoms with E-state index in [1.165, 1.54) is 0 Å². The second-order valence-corrected chi connectivity index (χ2v) is 5.95. The summed E-state index contributed by atoms with van der Waals surface area (Å²) in [5.74, 6) is 0.494. The molecule has 1 aliphatic rings. The summed E-state index contributed by atoms with van der Waals surface area (Å²) in [4.78, 5) is 14.6. The van der Waals surface area contributed by atoms with E-state index in [1.54, 1.807) is 19.2 Å². The number of benzene rings is 1. The number of amides is 1. The summed E-state index contributed by atoms with van der Waals surface area (Å²) in [5, 5.41) is 3.80. The van der Waals surface area contributed by atoms with Gasteiger partial charge in [-0.3, -0.25) is 4.79 Å². The number of carbonyl (C=O) groups excluding carboxylic acids is 1. The lowest BCUT2D eigenvalue weighted by Crippen LogP contribution is -2.46. The Morgan fingerprint density at radius 2 is 2.29 bits per heavy atom. The third-order valence-corrected chi connectivity index (χ3v) is 4.29. The van der Waals surface area contributed by atoms with Gasteiger partial charge in [0.1, 0.15) is 0 Å². The van der Waals surface area contributed by atoms with E-state index in [0.29, 0.717) is 23.0 Å². The van der Waals surface area contributed by atoms with Gasteiger partial charge in [0.2, 0.25) is 0 Å². The number of nitrogens with one attached hydrogen (secondary N) is 1. The lowest BCUT2D eigenvalue weighted by Gasteiger charge is -2.36. The van der Waals surface area contributed by atoms with Gasteiger partial charge >= 0.3 is 0 Å². The molecule has 0 radical (unpaired) electrons. The molecule has 1 aliphatic heterocycles. The van der Waals surface area contributed by atoms with Gasteiger partial charge < -0.3 is 15.0 Å². The first kappa shape index (κ1) is 16.1. The number of hydrogen-bond acceptors (Lipinski definition) is 3. The Bertz CT molecular complexity index is 507. The number of hydrogen-bond donors (Lipinski definition) is 1. The Morgan fingerprint density at radius 3 is 2.95 bits per heavy atom. The molecule has 0 aromatic heterocycles. The molecule has 0 saturated carbocycles. The van der Waals surface area contributed by atoms with Crippen molar-refractivity contribution in [2.75, 3.05) is 32.1 Å². The highest BCUT2D eigenvalue weighted by molar-refractivity contribution is 6.31. The Hall–Kier alpha value is -1.26. The van der Waals surface area contributed by atoms with Crippen molar-refractivity contribution in [2.24, 2.45) is 5.92 Å². The Balaban J connectivity index is 2.21. The zero-order valence-electron chi connectivity index (χ0n) is 12.9. The summed E-state index contributed by atoms with van der Waals surface area (Å²) < 4.78 is 5.49. The lowest BCUT2D eigenvalue weighted by molar-refractivity contribution is -0.00153. The number of carbonyl (C=O) groups is 1. The van der Waals surface area contributed by atoms with Crippen molar-refractivity contribution < 1.29 is 9.53 Å². The second-order valence-electron chi connectivity index (χ2n) is 5.51. The van der Waals surface area contributed by atoms with Crippen LogP contribution in [-0.2, 0) is 4.74 Å². The van der Waals surface area contributed by atoms with Crippen molar-refractivity contribution >= 4 is 23.2 Å². The minimum atomic E-state index is 0.0161. The van der Waals surface area contributed by atoms with Crippen LogP contribution in [0.4, 0.5) is 5.69 Å². The minimum Gasteiger partial charge on any atom is -0.385 e. The van der Waals surface area contributed by atoms with Gasteiger partial charge in [0.25, 0.3) is 5.91 Å². The van der Waals surface area contributed by atoms with Gasteiger partial charge in [0, 0.05) is 37.5 Å². The SMILES string of the molecule is CCNc1ccc(Cl)cc1C(=O)N1CCC(C)C(OC)C1. The average Bonchev–Trinajstić information content (AvgIpc) is 2.49. The predicted molar refractivity (Wildman–Crippen MR) is 86.1 cm³/mol. The maximum atomic E-state index is 12.8. The Morgan fingerprint density at radius 1 is 1.52 bits per heavy atom. The van der Waals surface area contributed by atoms with Crippen molar-refractivity contribution in [1.29, 1.82) is 0 Å². The Kier molecular flexibility index (Phi) is 5.48. The van der Waals surface area contributed by atoms with Crippen LogP contribution in [0.2, 0.25) is 5.02 Å². The fourth-order valence-corrected chi connectivity index (χ4v) is 2.91. The summed E-state index contributed by atoms with van der Waals surface area (Å²) in [6.45, 7) is 6.33. The summed E-state index contributed by atoms with van der Waals surface area (Å²) in [7, 11) is 1.71. The smallest absolute Gasteiger partial charge is 0.256 e. The first-order chi connectivity index (χ1) is 10.1. The third kappa shape index (κ3) is 3.69. The molecule has 1 amide bonds. The number of nitrogens with zero attached hydrogens (tertiary/aromatic N) is 1. The molecule has 116 valence electrons. The number of anilines is 1. The van der Waals surface area contributed by atoms with E-state index in [2.05, 4.69) is 12.2 Å². The molecule has 0 aliphatic carbocycles. The van der Waals surface area contributed by atoms with Crippen LogP contribution in [0.3, 0.4) is 0 Å². The van der Waals surface area contributed by atoms with E-state index >= 15 is 0 Å². The molecule has 2 unspecified atom stereocenters. The number of rotatable bonds is 4. The Labute approximate surface area is 131 Å².